The van der Waals surface area contributed by atoms with Gasteiger partial charge < -0.3 is 4.74 Å². The van der Waals surface area contributed by atoms with Crippen LogP contribution < -0.4 is 9.04 Å². The Morgan fingerprint density at radius 2 is 1.47 bits per heavy atom. The molecular weight excluding hydrogens is 446 g/mol. The number of hydrogen-bond acceptors (Lipinski definition) is 4. The first-order chi connectivity index (χ1) is 15.8. The number of carbonyl (C=O) groups is 1. The molecule has 0 bridgehead atoms. The lowest BCUT2D eigenvalue weighted by Gasteiger charge is -2.28. The van der Waals surface area contributed by atoms with E-state index in [1.165, 1.54) is 12.1 Å². The SMILES string of the molecule is Cc1ccc(S(=O)(=O)N(C(=O)C(C)Oc2ccc(C(C)(C)C)cc2)c2cccc(C)c2C)cc1. The van der Waals surface area contributed by atoms with E-state index in [-0.39, 0.29) is 10.3 Å². The average molecular weight is 480 g/mol. The van der Waals surface area contributed by atoms with Crippen LogP contribution in [0.4, 0.5) is 5.69 Å². The first-order valence-corrected chi connectivity index (χ1v) is 12.8. The third-order valence-electron chi connectivity index (χ3n) is 5.94. The highest BCUT2D eigenvalue weighted by atomic mass is 32.2. The second kappa shape index (κ2) is 9.63. The van der Waals surface area contributed by atoms with Crippen LogP contribution in [0.25, 0.3) is 0 Å². The lowest BCUT2D eigenvalue weighted by atomic mass is 9.87. The van der Waals surface area contributed by atoms with Gasteiger partial charge in [-0.2, -0.15) is 4.31 Å². The zero-order valence-corrected chi connectivity index (χ0v) is 21.7. The van der Waals surface area contributed by atoms with Gasteiger partial charge in [-0.05, 0) is 80.1 Å². The summed E-state index contributed by atoms with van der Waals surface area (Å²) < 4.78 is 34.2. The van der Waals surface area contributed by atoms with E-state index in [0.29, 0.717) is 17.0 Å². The normalized spacial score (nSPS) is 12.8. The number of nitrogens with zero attached hydrogens (tertiary/aromatic N) is 1. The molecule has 0 spiro atoms. The minimum Gasteiger partial charge on any atom is -0.481 e. The van der Waals surface area contributed by atoms with E-state index in [4.69, 9.17) is 4.74 Å². The van der Waals surface area contributed by atoms with Gasteiger partial charge in [-0.15, -0.1) is 0 Å². The Kier molecular flexibility index (Phi) is 7.22. The highest BCUT2D eigenvalue weighted by molar-refractivity contribution is 7.93. The molecule has 0 saturated heterocycles. The maximum Gasteiger partial charge on any atom is 0.281 e. The molecule has 3 aromatic carbocycles. The third-order valence-corrected chi connectivity index (χ3v) is 7.66. The lowest BCUT2D eigenvalue weighted by Crippen LogP contribution is -2.44. The summed E-state index contributed by atoms with van der Waals surface area (Å²) >= 11 is 0. The molecule has 5 nitrogen and oxygen atoms in total. The van der Waals surface area contributed by atoms with Gasteiger partial charge in [-0.25, -0.2) is 8.42 Å². The molecule has 0 aliphatic carbocycles. The van der Waals surface area contributed by atoms with Crippen molar-refractivity contribution in [3.8, 4) is 5.75 Å². The number of rotatable bonds is 6. The number of carbonyl (C=O) groups excluding carboxylic acids is 1. The number of aryl methyl sites for hydroxylation is 2. The minimum absolute atomic E-state index is 0.0123. The van der Waals surface area contributed by atoms with E-state index in [9.17, 15) is 13.2 Å². The molecule has 0 aliphatic rings. The quantitative estimate of drug-likeness (QED) is 0.429. The van der Waals surface area contributed by atoms with Crippen LogP contribution in [-0.4, -0.2) is 20.4 Å². The fraction of sp³-hybridized carbons (Fsp3) is 0.321. The Hall–Kier alpha value is -3.12. The van der Waals surface area contributed by atoms with Crippen LogP contribution in [0.5, 0.6) is 5.75 Å². The number of hydrogen-bond donors (Lipinski definition) is 0. The molecule has 3 aromatic rings. The number of ether oxygens (including phenoxy) is 1. The Labute approximate surface area is 203 Å². The first-order valence-electron chi connectivity index (χ1n) is 11.3. The molecule has 1 amide bonds. The topological polar surface area (TPSA) is 63.7 Å². The summed E-state index contributed by atoms with van der Waals surface area (Å²) in [6.45, 7) is 13.5. The van der Waals surface area contributed by atoms with E-state index in [2.05, 4.69) is 20.8 Å². The standard InChI is InChI=1S/C28H33NO4S/c1-19-11-17-25(18-12-19)34(31,32)29(26-10-8-9-20(2)21(26)3)27(30)22(4)33-24-15-13-23(14-16-24)28(5,6)7/h8-18,22H,1-7H3. The van der Waals surface area contributed by atoms with Gasteiger partial charge in [0.2, 0.25) is 0 Å². The summed E-state index contributed by atoms with van der Waals surface area (Å²) in [4.78, 5) is 13.7. The number of benzene rings is 3. The summed E-state index contributed by atoms with van der Waals surface area (Å²) in [7, 11) is -4.17. The maximum absolute atomic E-state index is 13.7. The molecule has 0 N–H and O–H groups in total. The van der Waals surface area contributed by atoms with Gasteiger partial charge >= 0.3 is 0 Å². The third kappa shape index (κ3) is 5.33. The summed E-state index contributed by atoms with van der Waals surface area (Å²) in [5.41, 5.74) is 3.98. The molecule has 0 aliphatic heterocycles. The average Bonchev–Trinajstić information content (AvgIpc) is 2.76. The second-order valence-corrected chi connectivity index (χ2v) is 11.5. The molecule has 1 unspecified atom stereocenters. The predicted molar refractivity (Wildman–Crippen MR) is 137 cm³/mol. The van der Waals surface area contributed by atoms with Crippen molar-refractivity contribution >= 4 is 21.6 Å². The van der Waals surface area contributed by atoms with Gasteiger partial charge in [0.15, 0.2) is 6.10 Å². The van der Waals surface area contributed by atoms with Crippen LogP contribution >= 0.6 is 0 Å². The zero-order valence-electron chi connectivity index (χ0n) is 20.9. The first kappa shape index (κ1) is 25.5. The Morgan fingerprint density at radius 1 is 0.882 bits per heavy atom. The molecule has 180 valence electrons. The van der Waals surface area contributed by atoms with Crippen molar-refractivity contribution in [3.63, 3.8) is 0 Å². The van der Waals surface area contributed by atoms with Gasteiger partial charge in [0.05, 0.1) is 10.6 Å². The van der Waals surface area contributed by atoms with Gasteiger partial charge in [0.1, 0.15) is 5.75 Å². The molecule has 0 aromatic heterocycles. The van der Waals surface area contributed by atoms with Crippen molar-refractivity contribution in [1.82, 2.24) is 0 Å². The van der Waals surface area contributed by atoms with Gasteiger partial charge in [0.25, 0.3) is 15.9 Å². The number of anilines is 1. The van der Waals surface area contributed by atoms with E-state index in [1.807, 2.05) is 39.0 Å². The van der Waals surface area contributed by atoms with Crippen LogP contribution in [0.1, 0.15) is 49.9 Å². The van der Waals surface area contributed by atoms with Crippen LogP contribution in [0, 0.1) is 20.8 Å². The largest absolute Gasteiger partial charge is 0.481 e. The summed E-state index contributed by atoms with van der Waals surface area (Å²) in [6.07, 6.45) is -1.03. The fourth-order valence-electron chi connectivity index (χ4n) is 3.59. The molecular formula is C28H33NO4S. The highest BCUT2D eigenvalue weighted by Crippen LogP contribution is 2.31. The van der Waals surface area contributed by atoms with Crippen molar-refractivity contribution in [3.05, 3.63) is 89.0 Å². The molecule has 6 heteroatoms. The van der Waals surface area contributed by atoms with Crippen LogP contribution in [0.2, 0.25) is 0 Å². The van der Waals surface area contributed by atoms with Crippen molar-refractivity contribution in [2.75, 3.05) is 4.31 Å². The second-order valence-electron chi connectivity index (χ2n) is 9.67. The van der Waals surface area contributed by atoms with E-state index < -0.39 is 22.0 Å². The smallest absolute Gasteiger partial charge is 0.281 e. The summed E-state index contributed by atoms with van der Waals surface area (Å²) in [5, 5.41) is 0. The Morgan fingerprint density at radius 3 is 2.03 bits per heavy atom. The van der Waals surface area contributed by atoms with Crippen molar-refractivity contribution < 1.29 is 17.9 Å². The van der Waals surface area contributed by atoms with Gasteiger partial charge in [-0.1, -0.05) is 62.7 Å². The molecule has 0 saturated carbocycles. The van der Waals surface area contributed by atoms with E-state index in [0.717, 1.165) is 21.0 Å². The summed E-state index contributed by atoms with van der Waals surface area (Å²) in [6, 6.07) is 19.3. The van der Waals surface area contributed by atoms with Crippen molar-refractivity contribution in [2.24, 2.45) is 0 Å². The minimum atomic E-state index is -4.17. The molecule has 34 heavy (non-hydrogen) atoms. The maximum atomic E-state index is 13.7. The number of amides is 1. The Bertz CT molecular complexity index is 1270. The molecule has 0 radical (unpaired) electrons. The van der Waals surface area contributed by atoms with Gasteiger partial charge in [0, 0.05) is 0 Å². The summed E-state index contributed by atoms with van der Waals surface area (Å²) in [5.74, 6) is -0.156. The van der Waals surface area contributed by atoms with Crippen molar-refractivity contribution in [1.29, 1.82) is 0 Å². The molecule has 0 heterocycles. The fourth-order valence-corrected chi connectivity index (χ4v) is 5.12. The van der Waals surface area contributed by atoms with Crippen LogP contribution in [0.15, 0.2) is 71.6 Å². The van der Waals surface area contributed by atoms with Gasteiger partial charge in [-0.3, -0.25) is 4.79 Å². The monoisotopic (exact) mass is 479 g/mol. The highest BCUT2D eigenvalue weighted by Gasteiger charge is 2.36. The van der Waals surface area contributed by atoms with E-state index >= 15 is 0 Å². The molecule has 0 fully saturated rings. The Balaban J connectivity index is 2.01. The lowest BCUT2D eigenvalue weighted by molar-refractivity contribution is -0.123. The number of sulfonamides is 1. The van der Waals surface area contributed by atoms with E-state index in [1.54, 1.807) is 43.3 Å². The molecule has 3 rings (SSSR count). The zero-order chi connectivity index (χ0) is 25.3. The predicted octanol–water partition coefficient (Wildman–Crippen LogP) is 6.10. The van der Waals surface area contributed by atoms with Crippen molar-refractivity contribution in [2.45, 2.75) is 64.9 Å². The van der Waals surface area contributed by atoms with Crippen LogP contribution in [0.3, 0.4) is 0 Å². The molecule has 1 atom stereocenters. The van der Waals surface area contributed by atoms with Crippen LogP contribution in [-0.2, 0) is 20.2 Å².